The van der Waals surface area contributed by atoms with E-state index in [0.29, 0.717) is 0 Å². The number of unbranched alkanes of at least 4 members (excludes halogenated alkanes) is 1. The van der Waals surface area contributed by atoms with E-state index in [-0.39, 0.29) is 11.7 Å². The summed E-state index contributed by atoms with van der Waals surface area (Å²) in [5.41, 5.74) is 0. The molecule has 0 aromatic carbocycles. The highest BCUT2D eigenvalue weighted by Gasteiger charge is 2.19. The van der Waals surface area contributed by atoms with Gasteiger partial charge in [-0.25, -0.2) is 4.57 Å². The Morgan fingerprint density at radius 2 is 2.07 bits per heavy atom. The molecule has 0 aliphatic carbocycles. The van der Waals surface area contributed by atoms with Crippen LogP contribution in [0.4, 0.5) is 0 Å². The molecule has 0 saturated heterocycles. The van der Waals surface area contributed by atoms with Crippen molar-refractivity contribution in [3.8, 4) is 0 Å². The van der Waals surface area contributed by atoms with Crippen LogP contribution < -0.4 is 0 Å². The number of hydrogen-bond acceptors (Lipinski definition) is 3. The lowest BCUT2D eigenvalue weighted by molar-refractivity contribution is -0.125. The number of Topliss-reactive ketones (excluding diaryl/α,β-unsaturated/α-hetero) is 1. The van der Waals surface area contributed by atoms with Crippen molar-refractivity contribution >= 4 is 13.6 Å². The van der Waals surface area contributed by atoms with Crippen molar-refractivity contribution in [2.24, 2.45) is 5.92 Å². The fourth-order valence-corrected chi connectivity index (χ4v) is 1.26. The highest BCUT2D eigenvalue weighted by molar-refractivity contribution is 7.46. The Kier molecular flexibility index (Phi) is 6.20. The average Bonchev–Trinajstić information content (AvgIpc) is 2.09. The molecular formula is C8H17O5P. The van der Waals surface area contributed by atoms with Crippen LogP contribution in [-0.2, 0) is 13.9 Å². The third kappa shape index (κ3) is 7.21. The van der Waals surface area contributed by atoms with E-state index in [9.17, 15) is 9.36 Å². The van der Waals surface area contributed by atoms with Crippen LogP contribution in [0.2, 0.25) is 0 Å². The number of phosphoric acid groups is 1. The molecule has 0 aliphatic rings. The average molecular weight is 224 g/mol. The Morgan fingerprint density at radius 3 is 2.50 bits per heavy atom. The van der Waals surface area contributed by atoms with Crippen molar-refractivity contribution in [1.29, 1.82) is 0 Å². The standard InChI is InChI=1S/C8H17O5P/c1-3-4-5-7(2)8(9)6-13-14(10,11)12/h7H,3-6H2,1-2H3,(H2,10,11,12). The zero-order chi connectivity index (χ0) is 11.2. The fraction of sp³-hybridized carbons (Fsp3) is 0.875. The normalized spacial score (nSPS) is 14.0. The maximum Gasteiger partial charge on any atom is 0.470 e. The van der Waals surface area contributed by atoms with Gasteiger partial charge in [-0.3, -0.25) is 9.32 Å². The summed E-state index contributed by atoms with van der Waals surface area (Å²) in [4.78, 5) is 27.9. The van der Waals surface area contributed by atoms with Gasteiger partial charge in [0.15, 0.2) is 5.78 Å². The maximum absolute atomic E-state index is 11.2. The molecule has 0 rings (SSSR count). The minimum absolute atomic E-state index is 0.193. The third-order valence-electron chi connectivity index (χ3n) is 1.92. The fourth-order valence-electron chi connectivity index (χ4n) is 0.961. The first-order valence-electron chi connectivity index (χ1n) is 4.59. The van der Waals surface area contributed by atoms with Crippen molar-refractivity contribution in [2.45, 2.75) is 33.1 Å². The first-order valence-corrected chi connectivity index (χ1v) is 6.12. The van der Waals surface area contributed by atoms with Gasteiger partial charge in [0.05, 0.1) is 0 Å². The Balaban J connectivity index is 3.79. The highest BCUT2D eigenvalue weighted by atomic mass is 31.2. The summed E-state index contributed by atoms with van der Waals surface area (Å²) in [5.74, 6) is -0.455. The second-order valence-electron chi connectivity index (χ2n) is 3.27. The number of ketones is 1. The molecule has 0 heterocycles. The molecule has 14 heavy (non-hydrogen) atoms. The predicted octanol–water partition coefficient (Wildman–Crippen LogP) is 1.49. The van der Waals surface area contributed by atoms with Crippen LogP contribution in [0.3, 0.4) is 0 Å². The second-order valence-corrected chi connectivity index (χ2v) is 4.51. The molecule has 84 valence electrons. The van der Waals surface area contributed by atoms with Crippen LogP contribution in [0.15, 0.2) is 0 Å². The van der Waals surface area contributed by atoms with Crippen molar-refractivity contribution in [2.75, 3.05) is 6.61 Å². The van der Waals surface area contributed by atoms with E-state index in [0.717, 1.165) is 19.3 Å². The SMILES string of the molecule is CCCCC(C)C(=O)COP(=O)(O)O. The van der Waals surface area contributed by atoms with Crippen LogP contribution >= 0.6 is 7.82 Å². The number of carbonyl (C=O) groups excluding carboxylic acids is 1. The molecule has 1 unspecified atom stereocenters. The Hall–Kier alpha value is -0.220. The van der Waals surface area contributed by atoms with Gasteiger partial charge in [0, 0.05) is 5.92 Å². The van der Waals surface area contributed by atoms with Crippen molar-refractivity contribution < 1.29 is 23.7 Å². The number of hydrogen-bond donors (Lipinski definition) is 2. The largest absolute Gasteiger partial charge is 0.470 e. The highest BCUT2D eigenvalue weighted by Crippen LogP contribution is 2.35. The van der Waals surface area contributed by atoms with E-state index in [2.05, 4.69) is 4.52 Å². The number of rotatable bonds is 7. The lowest BCUT2D eigenvalue weighted by atomic mass is 10.0. The zero-order valence-corrected chi connectivity index (χ0v) is 9.37. The molecule has 0 aliphatic heterocycles. The number of carbonyl (C=O) groups is 1. The molecular weight excluding hydrogens is 207 g/mol. The summed E-state index contributed by atoms with van der Waals surface area (Å²) in [5, 5.41) is 0. The molecule has 0 radical (unpaired) electrons. The van der Waals surface area contributed by atoms with Gasteiger partial charge in [0.25, 0.3) is 0 Å². The quantitative estimate of drug-likeness (QED) is 0.640. The smallest absolute Gasteiger partial charge is 0.303 e. The second kappa shape index (κ2) is 6.30. The summed E-state index contributed by atoms with van der Waals surface area (Å²) in [6, 6.07) is 0. The van der Waals surface area contributed by atoms with E-state index in [4.69, 9.17) is 9.79 Å². The van der Waals surface area contributed by atoms with Gasteiger partial charge < -0.3 is 9.79 Å². The summed E-state index contributed by atoms with van der Waals surface area (Å²) in [6.45, 7) is 3.25. The minimum Gasteiger partial charge on any atom is -0.303 e. The van der Waals surface area contributed by atoms with Gasteiger partial charge in [0.2, 0.25) is 0 Å². The molecule has 0 spiro atoms. The topological polar surface area (TPSA) is 83.8 Å². The van der Waals surface area contributed by atoms with Crippen molar-refractivity contribution in [1.82, 2.24) is 0 Å². The van der Waals surface area contributed by atoms with E-state index in [1.807, 2.05) is 6.92 Å². The van der Waals surface area contributed by atoms with Gasteiger partial charge >= 0.3 is 7.82 Å². The Labute approximate surface area is 83.7 Å². The van der Waals surface area contributed by atoms with Crippen LogP contribution in [0, 0.1) is 5.92 Å². The van der Waals surface area contributed by atoms with Crippen molar-refractivity contribution in [3.05, 3.63) is 0 Å². The molecule has 0 bridgehead atoms. The molecule has 1 atom stereocenters. The summed E-state index contributed by atoms with van der Waals surface area (Å²) in [7, 11) is -4.51. The molecule has 2 N–H and O–H groups in total. The van der Waals surface area contributed by atoms with Gasteiger partial charge in [-0.2, -0.15) is 0 Å². The van der Waals surface area contributed by atoms with E-state index >= 15 is 0 Å². The molecule has 0 fully saturated rings. The first kappa shape index (κ1) is 13.8. The van der Waals surface area contributed by atoms with Gasteiger partial charge in [-0.1, -0.05) is 26.7 Å². The minimum atomic E-state index is -4.51. The lowest BCUT2D eigenvalue weighted by Gasteiger charge is -2.10. The molecule has 0 aromatic rings. The van der Waals surface area contributed by atoms with Crippen LogP contribution in [0.25, 0.3) is 0 Å². The van der Waals surface area contributed by atoms with Gasteiger partial charge in [-0.05, 0) is 6.42 Å². The van der Waals surface area contributed by atoms with E-state index in [1.54, 1.807) is 6.92 Å². The van der Waals surface area contributed by atoms with E-state index < -0.39 is 14.4 Å². The van der Waals surface area contributed by atoms with Crippen LogP contribution in [0.1, 0.15) is 33.1 Å². The molecule has 5 nitrogen and oxygen atoms in total. The predicted molar refractivity (Wildman–Crippen MR) is 51.7 cm³/mol. The van der Waals surface area contributed by atoms with E-state index in [1.165, 1.54) is 0 Å². The molecule has 6 heteroatoms. The first-order chi connectivity index (χ1) is 6.37. The zero-order valence-electron chi connectivity index (χ0n) is 8.47. The van der Waals surface area contributed by atoms with Gasteiger partial charge in [-0.15, -0.1) is 0 Å². The Morgan fingerprint density at radius 1 is 1.50 bits per heavy atom. The summed E-state index contributed by atoms with van der Waals surface area (Å²) >= 11 is 0. The molecule has 0 amide bonds. The summed E-state index contributed by atoms with van der Waals surface area (Å²) in [6.07, 6.45) is 2.67. The Bertz CT molecular complexity index is 222. The molecule has 0 saturated carbocycles. The van der Waals surface area contributed by atoms with Crippen LogP contribution in [-0.4, -0.2) is 22.2 Å². The van der Waals surface area contributed by atoms with Crippen molar-refractivity contribution in [3.63, 3.8) is 0 Å². The summed E-state index contributed by atoms with van der Waals surface area (Å²) < 4.78 is 14.4. The van der Waals surface area contributed by atoms with Crippen LogP contribution in [0.5, 0.6) is 0 Å². The number of phosphoric ester groups is 1. The lowest BCUT2D eigenvalue weighted by Crippen LogP contribution is -2.16. The third-order valence-corrected chi connectivity index (χ3v) is 2.38. The van der Waals surface area contributed by atoms with Gasteiger partial charge in [0.1, 0.15) is 6.61 Å². The molecule has 0 aromatic heterocycles. The monoisotopic (exact) mass is 224 g/mol. The maximum atomic E-state index is 11.2.